The molecule has 3 heteroatoms. The second-order valence-corrected chi connectivity index (χ2v) is 6.05. The van der Waals surface area contributed by atoms with E-state index >= 15 is 0 Å². The second kappa shape index (κ2) is 5.09. The van der Waals surface area contributed by atoms with Gasteiger partial charge in [-0.2, -0.15) is 0 Å². The lowest BCUT2D eigenvalue weighted by Gasteiger charge is -2.21. The summed E-state index contributed by atoms with van der Waals surface area (Å²) in [5.74, 6) is 0.650. The van der Waals surface area contributed by atoms with Crippen LogP contribution in [0.1, 0.15) is 41.5 Å². The maximum Gasteiger partial charge on any atom is 0.144 e. The van der Waals surface area contributed by atoms with E-state index in [-0.39, 0.29) is 11.6 Å². The largest absolute Gasteiger partial charge is 0.308 e. The molecule has 2 atom stereocenters. The first-order valence-corrected chi connectivity index (χ1v) is 6.14. The molecule has 0 radical (unpaired) electrons. The molecule has 1 aliphatic heterocycles. The van der Waals surface area contributed by atoms with Gasteiger partial charge in [-0.15, -0.1) is 0 Å². The minimum absolute atomic E-state index is 0.0960. The number of nitrogens with one attached hydrogen (secondary N) is 1. The number of nitrogens with zero attached hydrogens (tertiary/aromatic N) is 2. The highest BCUT2D eigenvalue weighted by atomic mass is 15.1. The smallest absolute Gasteiger partial charge is 0.144 e. The summed E-state index contributed by atoms with van der Waals surface area (Å²) in [6, 6.07) is 0.518. The molecule has 0 saturated carbocycles. The molecule has 0 aromatic rings. The van der Waals surface area contributed by atoms with Crippen molar-refractivity contribution >= 4 is 11.9 Å². The Morgan fingerprint density at radius 3 is 2.38 bits per heavy atom. The number of hydrogen-bond donors (Lipinski definition) is 1. The van der Waals surface area contributed by atoms with Gasteiger partial charge in [0.25, 0.3) is 0 Å². The van der Waals surface area contributed by atoms with E-state index < -0.39 is 0 Å². The third kappa shape index (κ3) is 3.71. The zero-order valence-corrected chi connectivity index (χ0v) is 11.4. The summed E-state index contributed by atoms with van der Waals surface area (Å²) in [5.41, 5.74) is 1.20. The Kier molecular flexibility index (Phi) is 4.25. The van der Waals surface area contributed by atoms with Crippen molar-refractivity contribution in [3.63, 3.8) is 0 Å². The van der Waals surface area contributed by atoms with E-state index in [9.17, 15) is 0 Å². The fraction of sp³-hybridized carbons (Fsp3) is 0.846. The van der Waals surface area contributed by atoms with Crippen molar-refractivity contribution in [3.05, 3.63) is 0 Å². The Bertz CT molecular complexity index is 284. The normalized spacial score (nSPS) is 22.7. The molecule has 0 spiro atoms. The molecule has 16 heavy (non-hydrogen) atoms. The molecule has 1 heterocycles. The topological polar surface area (TPSA) is 36.8 Å². The lowest BCUT2D eigenvalue weighted by Crippen LogP contribution is -2.35. The van der Waals surface area contributed by atoms with Crippen molar-refractivity contribution in [3.8, 4) is 0 Å². The van der Waals surface area contributed by atoms with Crippen LogP contribution in [0.15, 0.2) is 9.98 Å². The summed E-state index contributed by atoms with van der Waals surface area (Å²) in [6.07, 6.45) is 2.01. The Morgan fingerprint density at radius 2 is 1.94 bits per heavy atom. The zero-order valence-electron chi connectivity index (χ0n) is 11.4. The fourth-order valence-corrected chi connectivity index (χ4v) is 1.39. The van der Waals surface area contributed by atoms with Crippen molar-refractivity contribution in [2.45, 2.75) is 53.8 Å². The standard InChI is InChI=1S/C13H25N3/c1-9(2)10(3)14-7-11-8-15-12(16-11)13(4,5)6/h8-10,12,14H,7H2,1-6H3. The van der Waals surface area contributed by atoms with Crippen molar-refractivity contribution < 1.29 is 0 Å². The minimum Gasteiger partial charge on any atom is -0.308 e. The van der Waals surface area contributed by atoms with Crippen LogP contribution in [0.4, 0.5) is 0 Å². The molecule has 92 valence electrons. The summed E-state index contributed by atoms with van der Waals surface area (Å²) in [5, 5.41) is 3.47. The van der Waals surface area contributed by atoms with Gasteiger partial charge in [-0.05, 0) is 12.8 Å². The van der Waals surface area contributed by atoms with Crippen LogP contribution in [0.2, 0.25) is 0 Å². The van der Waals surface area contributed by atoms with E-state index in [0.717, 1.165) is 12.3 Å². The van der Waals surface area contributed by atoms with Crippen molar-refractivity contribution in [1.82, 2.24) is 5.32 Å². The first-order valence-electron chi connectivity index (χ1n) is 6.14. The maximum absolute atomic E-state index is 4.62. The number of rotatable bonds is 4. The molecule has 0 aromatic heterocycles. The predicted molar refractivity (Wildman–Crippen MR) is 71.5 cm³/mol. The van der Waals surface area contributed by atoms with Crippen LogP contribution in [0.3, 0.4) is 0 Å². The van der Waals surface area contributed by atoms with Crippen LogP contribution in [0.5, 0.6) is 0 Å². The first kappa shape index (κ1) is 13.4. The molecule has 0 aliphatic carbocycles. The van der Waals surface area contributed by atoms with Crippen LogP contribution in [0, 0.1) is 11.3 Å². The number of aliphatic imine (C=N–C) groups is 2. The SMILES string of the molecule is CC(C)C(C)NCC1=NC(C(C)(C)C)N=C1. The zero-order chi connectivity index (χ0) is 12.3. The molecule has 1 N–H and O–H groups in total. The van der Waals surface area contributed by atoms with Gasteiger partial charge in [-0.25, -0.2) is 0 Å². The van der Waals surface area contributed by atoms with Gasteiger partial charge in [0.1, 0.15) is 6.17 Å². The van der Waals surface area contributed by atoms with Gasteiger partial charge < -0.3 is 5.32 Å². The monoisotopic (exact) mass is 223 g/mol. The molecule has 1 aliphatic rings. The highest BCUT2D eigenvalue weighted by molar-refractivity contribution is 6.32. The quantitative estimate of drug-likeness (QED) is 0.781. The van der Waals surface area contributed by atoms with Gasteiger partial charge in [0, 0.05) is 24.2 Å². The fourth-order valence-electron chi connectivity index (χ4n) is 1.39. The van der Waals surface area contributed by atoms with Crippen LogP contribution in [0.25, 0.3) is 0 Å². The third-order valence-electron chi connectivity index (χ3n) is 3.03. The predicted octanol–water partition coefficient (Wildman–Crippen LogP) is 2.52. The minimum atomic E-state index is 0.0960. The molecular weight excluding hydrogens is 198 g/mol. The van der Waals surface area contributed by atoms with Gasteiger partial charge in [0.15, 0.2) is 0 Å². The van der Waals surface area contributed by atoms with Crippen molar-refractivity contribution in [1.29, 1.82) is 0 Å². The molecule has 0 amide bonds. The molecule has 2 unspecified atom stereocenters. The lowest BCUT2D eigenvalue weighted by atomic mass is 9.93. The van der Waals surface area contributed by atoms with Gasteiger partial charge in [-0.3, -0.25) is 9.98 Å². The average molecular weight is 223 g/mol. The van der Waals surface area contributed by atoms with Gasteiger partial charge >= 0.3 is 0 Å². The molecule has 0 fully saturated rings. The lowest BCUT2D eigenvalue weighted by molar-refractivity contribution is 0.335. The van der Waals surface area contributed by atoms with Gasteiger partial charge in [-0.1, -0.05) is 34.6 Å². The Hall–Kier alpha value is -0.700. The molecule has 0 saturated heterocycles. The highest BCUT2D eigenvalue weighted by Crippen LogP contribution is 2.25. The summed E-state index contributed by atoms with van der Waals surface area (Å²) in [4.78, 5) is 9.07. The molecular formula is C13H25N3. The van der Waals surface area contributed by atoms with E-state index in [0.29, 0.717) is 12.0 Å². The highest BCUT2D eigenvalue weighted by Gasteiger charge is 2.26. The van der Waals surface area contributed by atoms with E-state index in [2.05, 4.69) is 56.8 Å². The van der Waals surface area contributed by atoms with Crippen molar-refractivity contribution in [2.24, 2.45) is 21.3 Å². The van der Waals surface area contributed by atoms with E-state index in [1.54, 1.807) is 0 Å². The van der Waals surface area contributed by atoms with Crippen LogP contribution in [-0.4, -0.2) is 30.7 Å². The van der Waals surface area contributed by atoms with Gasteiger partial charge in [0.05, 0.1) is 5.71 Å². The molecule has 0 bridgehead atoms. The van der Waals surface area contributed by atoms with E-state index in [4.69, 9.17) is 0 Å². The van der Waals surface area contributed by atoms with Crippen molar-refractivity contribution in [2.75, 3.05) is 6.54 Å². The average Bonchev–Trinajstić information content (AvgIpc) is 2.61. The van der Waals surface area contributed by atoms with Crippen LogP contribution >= 0.6 is 0 Å². The first-order chi connectivity index (χ1) is 7.30. The summed E-state index contributed by atoms with van der Waals surface area (Å²) >= 11 is 0. The number of hydrogen-bond acceptors (Lipinski definition) is 3. The molecule has 1 rings (SSSR count). The Labute approximate surface area is 99.5 Å². The third-order valence-corrected chi connectivity index (χ3v) is 3.03. The summed E-state index contributed by atoms with van der Waals surface area (Å²) < 4.78 is 0. The van der Waals surface area contributed by atoms with Crippen LogP contribution in [-0.2, 0) is 0 Å². The summed E-state index contributed by atoms with van der Waals surface area (Å²) in [7, 11) is 0. The molecule has 3 nitrogen and oxygen atoms in total. The van der Waals surface area contributed by atoms with Gasteiger partial charge in [0.2, 0.25) is 0 Å². The summed E-state index contributed by atoms with van der Waals surface area (Å²) in [6.45, 7) is 14.0. The van der Waals surface area contributed by atoms with E-state index in [1.165, 1.54) is 0 Å². The Morgan fingerprint density at radius 1 is 1.31 bits per heavy atom. The Balaban J connectivity index is 2.44. The second-order valence-electron chi connectivity index (χ2n) is 6.05. The maximum atomic E-state index is 4.62. The van der Waals surface area contributed by atoms with E-state index in [1.807, 2.05) is 6.21 Å². The molecule has 0 aromatic carbocycles. The van der Waals surface area contributed by atoms with Crippen LogP contribution < -0.4 is 5.32 Å².